The first-order valence-corrected chi connectivity index (χ1v) is 12.5. The molecule has 0 spiro atoms. The summed E-state index contributed by atoms with van der Waals surface area (Å²) in [7, 11) is -3.58. The van der Waals surface area contributed by atoms with E-state index in [1.807, 2.05) is 63.4 Å². The summed E-state index contributed by atoms with van der Waals surface area (Å²) in [6.45, 7) is 7.07. The average molecular weight is 433 g/mol. The van der Waals surface area contributed by atoms with Gasteiger partial charge in [-0.05, 0) is 55.9 Å². The number of piperazine rings is 1. The van der Waals surface area contributed by atoms with E-state index in [4.69, 9.17) is 0 Å². The molecule has 3 rings (SSSR count). The van der Waals surface area contributed by atoms with Crippen LogP contribution in [0.3, 0.4) is 0 Å². The summed E-state index contributed by atoms with van der Waals surface area (Å²) in [6.07, 6.45) is 2.03. The van der Waals surface area contributed by atoms with Gasteiger partial charge in [0.1, 0.15) is 0 Å². The molecular weight excluding hydrogens is 404 g/mol. The molecule has 156 valence electrons. The summed E-state index contributed by atoms with van der Waals surface area (Å²) in [5.41, 5.74) is 4.38. The molecule has 1 heterocycles. The van der Waals surface area contributed by atoms with Crippen molar-refractivity contribution in [1.29, 1.82) is 0 Å². The highest BCUT2D eigenvalue weighted by molar-refractivity contribution is 7.97. The van der Waals surface area contributed by atoms with Crippen LogP contribution in [0.15, 0.2) is 41.3 Å². The molecule has 1 aliphatic heterocycles. The molecular formula is C22H28N2O3S2. The topological polar surface area (TPSA) is 57.7 Å². The number of thioether (sulfide) groups is 1. The van der Waals surface area contributed by atoms with Crippen molar-refractivity contribution in [2.75, 3.05) is 32.4 Å². The first-order chi connectivity index (χ1) is 13.7. The maximum Gasteiger partial charge on any atom is 0.253 e. The van der Waals surface area contributed by atoms with E-state index in [2.05, 4.69) is 0 Å². The first kappa shape index (κ1) is 21.9. The molecule has 0 N–H and O–H groups in total. The van der Waals surface area contributed by atoms with E-state index in [0.717, 1.165) is 28.0 Å². The second-order valence-electron chi connectivity index (χ2n) is 7.56. The van der Waals surface area contributed by atoms with Gasteiger partial charge < -0.3 is 4.90 Å². The third-order valence-electron chi connectivity index (χ3n) is 5.21. The molecule has 7 heteroatoms. The van der Waals surface area contributed by atoms with Gasteiger partial charge in [0.25, 0.3) is 5.91 Å². The molecule has 0 unspecified atom stereocenters. The third-order valence-corrected chi connectivity index (χ3v) is 8.04. The van der Waals surface area contributed by atoms with Crippen LogP contribution in [0.2, 0.25) is 0 Å². The predicted octanol–water partition coefficient (Wildman–Crippen LogP) is 3.62. The zero-order chi connectivity index (χ0) is 21.2. The molecule has 5 nitrogen and oxygen atoms in total. The van der Waals surface area contributed by atoms with Gasteiger partial charge in [-0.25, -0.2) is 8.42 Å². The predicted molar refractivity (Wildman–Crippen MR) is 119 cm³/mol. The lowest BCUT2D eigenvalue weighted by molar-refractivity contribution is 0.0697. The Morgan fingerprint density at radius 1 is 1.00 bits per heavy atom. The van der Waals surface area contributed by atoms with Gasteiger partial charge in [-0.3, -0.25) is 4.79 Å². The van der Waals surface area contributed by atoms with Crippen LogP contribution in [0.1, 0.15) is 32.6 Å². The summed E-state index contributed by atoms with van der Waals surface area (Å²) >= 11 is 1.72. The summed E-state index contributed by atoms with van der Waals surface area (Å²) in [5, 5.41) is 0. The summed E-state index contributed by atoms with van der Waals surface area (Å²) in [6, 6.07) is 11.5. The lowest BCUT2D eigenvalue weighted by Crippen LogP contribution is -2.50. The van der Waals surface area contributed by atoms with Gasteiger partial charge in [0, 0.05) is 37.5 Å². The molecule has 1 saturated heterocycles. The van der Waals surface area contributed by atoms with Crippen molar-refractivity contribution in [3.8, 4) is 0 Å². The number of hydrogen-bond donors (Lipinski definition) is 0. The Kier molecular flexibility index (Phi) is 6.71. The molecule has 0 bridgehead atoms. The zero-order valence-corrected chi connectivity index (χ0v) is 19.1. The van der Waals surface area contributed by atoms with Crippen molar-refractivity contribution in [1.82, 2.24) is 9.21 Å². The van der Waals surface area contributed by atoms with E-state index in [1.54, 1.807) is 16.7 Å². The Hall–Kier alpha value is -1.83. The van der Waals surface area contributed by atoms with E-state index < -0.39 is 10.0 Å². The van der Waals surface area contributed by atoms with Crippen molar-refractivity contribution in [3.05, 3.63) is 64.2 Å². The Balaban J connectivity index is 1.73. The van der Waals surface area contributed by atoms with Crippen LogP contribution >= 0.6 is 11.8 Å². The number of rotatable bonds is 5. The second kappa shape index (κ2) is 8.90. The maximum atomic E-state index is 13.2. The fraction of sp³-hybridized carbons (Fsp3) is 0.409. The average Bonchev–Trinajstić information content (AvgIpc) is 2.67. The fourth-order valence-electron chi connectivity index (χ4n) is 3.98. The van der Waals surface area contributed by atoms with Gasteiger partial charge >= 0.3 is 0 Å². The number of benzene rings is 2. The minimum atomic E-state index is -3.58. The first-order valence-electron chi connectivity index (χ1n) is 9.69. The van der Waals surface area contributed by atoms with Crippen LogP contribution in [0.4, 0.5) is 0 Å². The lowest BCUT2D eigenvalue weighted by atomic mass is 10.1. The number of aryl methyl sites for hydroxylation is 3. The van der Waals surface area contributed by atoms with E-state index in [9.17, 15) is 13.2 Å². The van der Waals surface area contributed by atoms with Gasteiger partial charge in [0.05, 0.1) is 4.90 Å². The molecule has 1 aliphatic rings. The van der Waals surface area contributed by atoms with E-state index in [-0.39, 0.29) is 5.91 Å². The maximum absolute atomic E-state index is 13.2. The quantitative estimate of drug-likeness (QED) is 0.724. The third kappa shape index (κ3) is 4.68. The molecule has 0 aromatic heterocycles. The highest BCUT2D eigenvalue weighted by atomic mass is 32.2. The lowest BCUT2D eigenvalue weighted by Gasteiger charge is -2.34. The van der Waals surface area contributed by atoms with Crippen LogP contribution in [0.5, 0.6) is 0 Å². The highest BCUT2D eigenvalue weighted by Crippen LogP contribution is 2.26. The van der Waals surface area contributed by atoms with Crippen LogP contribution < -0.4 is 0 Å². The molecule has 2 aromatic carbocycles. The van der Waals surface area contributed by atoms with E-state index in [1.165, 1.54) is 4.31 Å². The van der Waals surface area contributed by atoms with Gasteiger partial charge in [0.2, 0.25) is 10.0 Å². The monoisotopic (exact) mass is 432 g/mol. The van der Waals surface area contributed by atoms with E-state index in [0.29, 0.717) is 36.6 Å². The van der Waals surface area contributed by atoms with Crippen molar-refractivity contribution in [3.63, 3.8) is 0 Å². The Bertz CT molecular complexity index is 987. The van der Waals surface area contributed by atoms with Gasteiger partial charge in [0.15, 0.2) is 0 Å². The normalized spacial score (nSPS) is 15.5. The largest absolute Gasteiger partial charge is 0.336 e. The molecule has 0 saturated carbocycles. The molecule has 0 radical (unpaired) electrons. The van der Waals surface area contributed by atoms with Crippen molar-refractivity contribution in [2.24, 2.45) is 0 Å². The van der Waals surface area contributed by atoms with Gasteiger partial charge in [-0.2, -0.15) is 16.1 Å². The van der Waals surface area contributed by atoms with Crippen molar-refractivity contribution < 1.29 is 13.2 Å². The number of amides is 1. The fourth-order valence-corrected chi connectivity index (χ4v) is 6.32. The Morgan fingerprint density at radius 3 is 2.21 bits per heavy atom. The van der Waals surface area contributed by atoms with Crippen LogP contribution in [-0.2, 0) is 15.8 Å². The van der Waals surface area contributed by atoms with Gasteiger partial charge in [-0.15, -0.1) is 0 Å². The minimum Gasteiger partial charge on any atom is -0.336 e. The minimum absolute atomic E-state index is 0.0345. The van der Waals surface area contributed by atoms with Crippen LogP contribution in [0, 0.1) is 20.8 Å². The molecule has 2 aromatic rings. The van der Waals surface area contributed by atoms with Crippen LogP contribution in [0.25, 0.3) is 0 Å². The SMILES string of the molecule is CSCc1cccc(C(=O)N2CCN(S(=O)(=O)c3c(C)cc(C)cc3C)CC2)c1. The summed E-state index contributed by atoms with van der Waals surface area (Å²) in [4.78, 5) is 15.0. The summed E-state index contributed by atoms with van der Waals surface area (Å²) < 4.78 is 28.0. The van der Waals surface area contributed by atoms with E-state index >= 15 is 0 Å². The molecule has 0 aliphatic carbocycles. The standard InChI is InChI=1S/C22H28N2O3S2/c1-16-12-17(2)21(18(3)13-16)29(26,27)24-10-8-23(9-11-24)22(25)20-7-5-6-19(14-20)15-28-4/h5-7,12-14H,8-11,15H2,1-4H3. The number of carbonyl (C=O) groups excluding carboxylic acids is 1. The Morgan fingerprint density at radius 2 is 1.62 bits per heavy atom. The molecule has 0 atom stereocenters. The number of carbonyl (C=O) groups is 1. The molecule has 1 fully saturated rings. The number of hydrogen-bond acceptors (Lipinski definition) is 4. The number of sulfonamides is 1. The summed E-state index contributed by atoms with van der Waals surface area (Å²) in [5.74, 6) is 0.829. The van der Waals surface area contributed by atoms with Crippen LogP contribution in [-0.4, -0.2) is 56.0 Å². The van der Waals surface area contributed by atoms with Gasteiger partial charge in [-0.1, -0.05) is 29.8 Å². The smallest absolute Gasteiger partial charge is 0.253 e. The highest BCUT2D eigenvalue weighted by Gasteiger charge is 2.32. The molecule has 29 heavy (non-hydrogen) atoms. The van der Waals surface area contributed by atoms with Crippen molar-refractivity contribution >= 4 is 27.7 Å². The van der Waals surface area contributed by atoms with Crippen molar-refractivity contribution in [2.45, 2.75) is 31.4 Å². The number of nitrogens with zero attached hydrogens (tertiary/aromatic N) is 2. The zero-order valence-electron chi connectivity index (χ0n) is 17.4. The molecule has 1 amide bonds. The Labute approximate surface area is 178 Å². The second-order valence-corrected chi connectivity index (χ2v) is 10.3.